The number of ether oxygens (including phenoxy) is 1. The molecule has 3 N–H and O–H groups in total. The van der Waals surface area contributed by atoms with E-state index in [4.69, 9.17) is 10.5 Å². The predicted molar refractivity (Wildman–Crippen MR) is 145 cm³/mol. The molecule has 0 radical (unpaired) electrons. The van der Waals surface area contributed by atoms with Gasteiger partial charge >= 0.3 is 21.5 Å². The predicted octanol–water partition coefficient (Wildman–Crippen LogP) is 4.70. The number of carbonyl (C=O) groups excluding carboxylic acids is 1. The van der Waals surface area contributed by atoms with Crippen molar-refractivity contribution in [3.63, 3.8) is 0 Å². The van der Waals surface area contributed by atoms with Crippen LogP contribution in [0.2, 0.25) is 0 Å². The number of halogens is 5. The maximum Gasteiger partial charge on any atom is 0.516 e. The average Bonchev–Trinajstić information content (AvgIpc) is 2.90. The van der Waals surface area contributed by atoms with Crippen LogP contribution in [-0.2, 0) is 34.1 Å². The van der Waals surface area contributed by atoms with E-state index < -0.39 is 51.0 Å². The van der Waals surface area contributed by atoms with Crippen LogP contribution >= 0.6 is 0 Å². The highest BCUT2D eigenvalue weighted by molar-refractivity contribution is 7.93. The number of hydrogen-bond acceptors (Lipinski definition) is 6. The molecule has 0 spiro atoms. The van der Waals surface area contributed by atoms with Gasteiger partial charge in [-0.15, -0.1) is 0 Å². The molecular weight excluding hydrogens is 569 g/mol. The topological polar surface area (TPSA) is 102 Å². The highest BCUT2D eigenvalue weighted by atomic mass is 32.2. The Morgan fingerprint density at radius 2 is 1.61 bits per heavy atom. The second kappa shape index (κ2) is 13.4. The third kappa shape index (κ3) is 8.47. The molecule has 0 unspecified atom stereocenters. The van der Waals surface area contributed by atoms with Gasteiger partial charge in [0.1, 0.15) is 17.7 Å². The number of hydrogen-bond donors (Lipinski definition) is 2. The molecule has 0 aliphatic heterocycles. The Hall–Kier alpha value is -3.55. The molecule has 0 bridgehead atoms. The minimum atomic E-state index is -5.70. The van der Waals surface area contributed by atoms with Gasteiger partial charge < -0.3 is 15.8 Å². The van der Waals surface area contributed by atoms with E-state index in [1.54, 1.807) is 0 Å². The standard InChI is InChI=1S/C28H30F5N3O4S/c1-3-18-6-4-7-19(10-18)16-35-17-26(25(34)13-20-11-22(29)15-23(30)12-20)40-27(37)21-8-5-9-24(14-21)36(2)41(38,39)28(31,32)33/h4-12,14-15,25-26,35H,3,13,16-17,34H2,1-2H3/t25-,26+/m0/s1. The van der Waals surface area contributed by atoms with E-state index in [1.165, 1.54) is 12.1 Å². The van der Waals surface area contributed by atoms with E-state index in [2.05, 4.69) is 5.32 Å². The van der Waals surface area contributed by atoms with Crippen LogP contribution in [0.15, 0.2) is 66.7 Å². The minimum absolute atomic E-state index is 0.0114. The third-order valence-corrected chi connectivity index (χ3v) is 7.82. The molecule has 0 saturated heterocycles. The van der Waals surface area contributed by atoms with E-state index in [9.17, 15) is 35.2 Å². The first kappa shape index (κ1) is 32.0. The SMILES string of the molecule is CCc1cccc(CNC[C@@H](OC(=O)c2cccc(N(C)S(=O)(=O)C(F)(F)F)c2)[C@@H](N)Cc2cc(F)cc(F)c2)c1. The first-order valence-corrected chi connectivity index (χ1v) is 14.0. The summed E-state index contributed by atoms with van der Waals surface area (Å²) >= 11 is 0. The molecule has 0 fully saturated rings. The third-order valence-electron chi connectivity index (χ3n) is 6.30. The highest BCUT2D eigenvalue weighted by Crippen LogP contribution is 2.30. The zero-order valence-corrected chi connectivity index (χ0v) is 23.1. The van der Waals surface area contributed by atoms with Gasteiger partial charge in [0.2, 0.25) is 0 Å². The smallest absolute Gasteiger partial charge is 0.456 e. The number of carbonyl (C=O) groups is 1. The van der Waals surface area contributed by atoms with Crippen LogP contribution in [0.3, 0.4) is 0 Å². The lowest BCUT2D eigenvalue weighted by molar-refractivity contribution is -0.0437. The van der Waals surface area contributed by atoms with Crippen molar-refractivity contribution in [3.05, 3.63) is 101 Å². The lowest BCUT2D eigenvalue weighted by Crippen LogP contribution is -2.46. The van der Waals surface area contributed by atoms with Gasteiger partial charge in [0, 0.05) is 32.2 Å². The second-order valence-electron chi connectivity index (χ2n) is 9.36. The lowest BCUT2D eigenvalue weighted by Gasteiger charge is -2.25. The molecule has 222 valence electrons. The molecule has 7 nitrogen and oxygen atoms in total. The molecule has 13 heteroatoms. The quantitative estimate of drug-likeness (QED) is 0.231. The van der Waals surface area contributed by atoms with Gasteiger partial charge in [-0.3, -0.25) is 4.31 Å². The number of aryl methyl sites for hydroxylation is 1. The summed E-state index contributed by atoms with van der Waals surface area (Å²) < 4.78 is 95.7. The fourth-order valence-corrected chi connectivity index (χ4v) is 4.76. The Kier molecular flexibility index (Phi) is 10.5. The van der Waals surface area contributed by atoms with E-state index in [0.717, 1.165) is 41.8 Å². The molecule has 0 aliphatic rings. The summed E-state index contributed by atoms with van der Waals surface area (Å²) in [6.07, 6.45) is -0.267. The van der Waals surface area contributed by atoms with Crippen molar-refractivity contribution in [2.75, 3.05) is 17.9 Å². The van der Waals surface area contributed by atoms with Crippen molar-refractivity contribution in [1.82, 2.24) is 5.32 Å². The average molecular weight is 600 g/mol. The van der Waals surface area contributed by atoms with Crippen LogP contribution in [0.5, 0.6) is 0 Å². The van der Waals surface area contributed by atoms with Crippen molar-refractivity contribution in [3.8, 4) is 0 Å². The summed E-state index contributed by atoms with van der Waals surface area (Å²) in [4.78, 5) is 13.0. The van der Waals surface area contributed by atoms with Gasteiger partial charge in [0.15, 0.2) is 0 Å². The number of benzene rings is 3. The summed E-state index contributed by atoms with van der Waals surface area (Å²) in [5, 5.41) is 3.15. The molecular formula is C28H30F5N3O4S. The Labute approximate surface area is 235 Å². The first-order chi connectivity index (χ1) is 19.2. The van der Waals surface area contributed by atoms with Crippen LogP contribution in [0.25, 0.3) is 0 Å². The maximum absolute atomic E-state index is 13.7. The number of sulfonamides is 1. The maximum atomic E-state index is 13.7. The summed E-state index contributed by atoms with van der Waals surface area (Å²) in [7, 11) is -4.99. The Morgan fingerprint density at radius 1 is 0.976 bits per heavy atom. The van der Waals surface area contributed by atoms with Gasteiger partial charge in [-0.05, 0) is 59.9 Å². The van der Waals surface area contributed by atoms with Gasteiger partial charge in [-0.2, -0.15) is 21.6 Å². The molecule has 3 rings (SSSR count). The van der Waals surface area contributed by atoms with E-state index in [0.29, 0.717) is 19.7 Å². The van der Waals surface area contributed by atoms with Crippen molar-refractivity contribution in [2.24, 2.45) is 5.73 Å². The van der Waals surface area contributed by atoms with Crippen molar-refractivity contribution < 1.29 is 39.9 Å². The Balaban J connectivity index is 1.81. The number of nitrogens with one attached hydrogen (secondary N) is 1. The van der Waals surface area contributed by atoms with E-state index in [-0.39, 0.29) is 28.4 Å². The second-order valence-corrected chi connectivity index (χ2v) is 11.3. The highest BCUT2D eigenvalue weighted by Gasteiger charge is 2.49. The monoisotopic (exact) mass is 599 g/mol. The van der Waals surface area contributed by atoms with Crippen LogP contribution in [0.1, 0.15) is 34.0 Å². The van der Waals surface area contributed by atoms with E-state index in [1.807, 2.05) is 31.2 Å². The molecule has 3 aromatic rings. The fourth-order valence-electron chi connectivity index (χ4n) is 4.06. The van der Waals surface area contributed by atoms with Crippen molar-refractivity contribution in [1.29, 1.82) is 0 Å². The molecule has 0 aliphatic carbocycles. The normalized spacial score (nSPS) is 13.5. The van der Waals surface area contributed by atoms with Gasteiger partial charge in [0.05, 0.1) is 11.3 Å². The van der Waals surface area contributed by atoms with Crippen LogP contribution in [0.4, 0.5) is 27.6 Å². The number of nitrogens with zero attached hydrogens (tertiary/aromatic N) is 1. The first-order valence-electron chi connectivity index (χ1n) is 12.6. The van der Waals surface area contributed by atoms with Gasteiger partial charge in [0.25, 0.3) is 0 Å². The number of alkyl halides is 3. The molecule has 2 atom stereocenters. The molecule has 0 aromatic heterocycles. The zero-order valence-electron chi connectivity index (χ0n) is 22.3. The van der Waals surface area contributed by atoms with Crippen LogP contribution in [0, 0.1) is 11.6 Å². The Morgan fingerprint density at radius 3 is 2.24 bits per heavy atom. The minimum Gasteiger partial charge on any atom is -0.456 e. The summed E-state index contributed by atoms with van der Waals surface area (Å²) in [6, 6.07) is 14.2. The van der Waals surface area contributed by atoms with Crippen molar-refractivity contribution >= 4 is 21.7 Å². The molecule has 3 aromatic carbocycles. The Bertz CT molecular complexity index is 1450. The summed E-state index contributed by atoms with van der Waals surface area (Å²) in [5.74, 6) is -2.58. The molecule has 0 amide bonds. The number of rotatable bonds is 12. The molecule has 41 heavy (non-hydrogen) atoms. The van der Waals surface area contributed by atoms with Crippen LogP contribution in [-0.4, -0.2) is 45.6 Å². The van der Waals surface area contributed by atoms with E-state index >= 15 is 0 Å². The molecule has 0 heterocycles. The number of anilines is 1. The summed E-state index contributed by atoms with van der Waals surface area (Å²) in [6.45, 7) is 2.43. The lowest BCUT2D eigenvalue weighted by atomic mass is 10.0. The van der Waals surface area contributed by atoms with Crippen LogP contribution < -0.4 is 15.4 Å². The fraction of sp³-hybridized carbons (Fsp3) is 0.321. The molecule has 0 saturated carbocycles. The number of nitrogens with two attached hydrogens (primary N) is 1. The van der Waals surface area contributed by atoms with Gasteiger partial charge in [-0.1, -0.05) is 37.3 Å². The zero-order chi connectivity index (χ0) is 30.4. The summed E-state index contributed by atoms with van der Waals surface area (Å²) in [5.41, 5.74) is 2.43. The largest absolute Gasteiger partial charge is 0.516 e. The number of esters is 1. The van der Waals surface area contributed by atoms with Crippen molar-refractivity contribution in [2.45, 2.75) is 44.0 Å². The van der Waals surface area contributed by atoms with Gasteiger partial charge in [-0.25, -0.2) is 13.6 Å².